The fourth-order valence-corrected chi connectivity index (χ4v) is 4.82. The Balaban J connectivity index is 2.19. The number of anilines is 1. The predicted molar refractivity (Wildman–Crippen MR) is 153 cm³/mol. The van der Waals surface area contributed by atoms with E-state index >= 15 is 0 Å². The number of rotatable bonds is 11. The van der Waals surface area contributed by atoms with Gasteiger partial charge < -0.3 is 23.8 Å². The summed E-state index contributed by atoms with van der Waals surface area (Å²) in [6, 6.07) is 10.6. The first kappa shape index (κ1) is 31.6. The molecule has 0 radical (unpaired) electrons. The smallest absolute Gasteiger partial charge is 0.336 e. The van der Waals surface area contributed by atoms with E-state index in [9.17, 15) is 22.8 Å². The third-order valence-corrected chi connectivity index (χ3v) is 7.06. The van der Waals surface area contributed by atoms with E-state index in [0.717, 1.165) is 12.3 Å². The molecular weight excluding hydrogens is 620 g/mol. The van der Waals surface area contributed by atoms with Crippen LogP contribution in [0.1, 0.15) is 32.3 Å². The highest BCUT2D eigenvalue weighted by Gasteiger charge is 2.37. The first-order valence-electron chi connectivity index (χ1n) is 12.5. The normalized spacial score (nSPS) is 13.8. The van der Waals surface area contributed by atoms with Gasteiger partial charge in [0.05, 0.1) is 54.1 Å². The van der Waals surface area contributed by atoms with Crippen molar-refractivity contribution in [1.82, 2.24) is 0 Å². The molecule has 2 aromatic carbocycles. The van der Waals surface area contributed by atoms with Gasteiger partial charge in [-0.15, -0.1) is 0 Å². The SMILES string of the molecule is CCOC(=O)/C=C/Oc1ccc(Br)cc1C1C(C(=O)OCC)=CN(c2ccc(S(N)(=O)=O)cc2)C=C1C(=O)OCC. The molecule has 0 aromatic heterocycles. The lowest BCUT2D eigenvalue weighted by atomic mass is 9.82. The Morgan fingerprint density at radius 3 is 1.98 bits per heavy atom. The highest BCUT2D eigenvalue weighted by molar-refractivity contribution is 9.10. The quantitative estimate of drug-likeness (QED) is 0.163. The fraction of sp³-hybridized carbons (Fsp3) is 0.250. The van der Waals surface area contributed by atoms with Crippen molar-refractivity contribution in [2.45, 2.75) is 31.6 Å². The summed E-state index contributed by atoms with van der Waals surface area (Å²) in [5.74, 6) is -2.77. The molecule has 2 aromatic rings. The first-order valence-corrected chi connectivity index (χ1v) is 14.8. The number of primary sulfonamides is 1. The summed E-state index contributed by atoms with van der Waals surface area (Å²) in [7, 11) is -3.93. The number of nitrogens with zero attached hydrogens (tertiary/aromatic N) is 1. The Hall–Kier alpha value is -3.94. The van der Waals surface area contributed by atoms with Crippen molar-refractivity contribution >= 4 is 49.5 Å². The van der Waals surface area contributed by atoms with Crippen LogP contribution >= 0.6 is 15.9 Å². The van der Waals surface area contributed by atoms with Crippen molar-refractivity contribution < 1.29 is 41.7 Å². The maximum Gasteiger partial charge on any atom is 0.336 e. The maximum atomic E-state index is 13.3. The van der Waals surface area contributed by atoms with Gasteiger partial charge in [0.2, 0.25) is 10.0 Å². The molecule has 0 saturated carbocycles. The average Bonchev–Trinajstić information content (AvgIpc) is 2.93. The molecule has 0 aliphatic carbocycles. The molecular formula is C28H29BrN2O9S. The zero-order chi connectivity index (χ0) is 30.2. The molecule has 2 N–H and O–H groups in total. The number of carbonyl (C=O) groups excluding carboxylic acids is 3. The van der Waals surface area contributed by atoms with Gasteiger partial charge in [-0.2, -0.15) is 0 Å². The van der Waals surface area contributed by atoms with Crippen LogP contribution in [0.3, 0.4) is 0 Å². The van der Waals surface area contributed by atoms with Crippen molar-refractivity contribution in [3.8, 4) is 5.75 Å². The number of nitrogens with two attached hydrogens (primary N) is 1. The van der Waals surface area contributed by atoms with Crippen molar-refractivity contribution in [2.24, 2.45) is 5.14 Å². The summed E-state index contributed by atoms with van der Waals surface area (Å²) in [6.07, 6.45) is 5.22. The summed E-state index contributed by atoms with van der Waals surface area (Å²) in [6.45, 7) is 5.29. The van der Waals surface area contributed by atoms with Crippen molar-refractivity contribution in [2.75, 3.05) is 24.7 Å². The molecule has 218 valence electrons. The van der Waals surface area contributed by atoms with E-state index in [1.807, 2.05) is 0 Å². The van der Waals surface area contributed by atoms with Crippen LogP contribution in [0.2, 0.25) is 0 Å². The molecule has 3 rings (SSSR count). The van der Waals surface area contributed by atoms with E-state index in [4.69, 9.17) is 24.1 Å². The summed E-state index contributed by atoms with van der Waals surface area (Å²) < 4.78 is 45.4. The van der Waals surface area contributed by atoms with Gasteiger partial charge in [0.25, 0.3) is 0 Å². The number of hydrogen-bond acceptors (Lipinski definition) is 10. The Bertz CT molecular complexity index is 1460. The van der Waals surface area contributed by atoms with Crippen LogP contribution in [-0.4, -0.2) is 46.1 Å². The molecule has 0 amide bonds. The summed E-state index contributed by atoms with van der Waals surface area (Å²) in [4.78, 5) is 39.8. The molecule has 0 bridgehead atoms. The van der Waals surface area contributed by atoms with Gasteiger partial charge in [-0.05, 0) is 63.2 Å². The van der Waals surface area contributed by atoms with E-state index in [1.54, 1.807) is 39.0 Å². The Morgan fingerprint density at radius 1 is 0.902 bits per heavy atom. The molecule has 11 nitrogen and oxygen atoms in total. The number of esters is 3. The van der Waals surface area contributed by atoms with Crippen molar-refractivity contribution in [3.63, 3.8) is 0 Å². The number of sulfonamides is 1. The Morgan fingerprint density at radius 2 is 1.46 bits per heavy atom. The Kier molecular flexibility index (Phi) is 10.9. The molecule has 1 heterocycles. The van der Waals surface area contributed by atoms with Crippen LogP contribution in [-0.2, 0) is 38.6 Å². The summed E-state index contributed by atoms with van der Waals surface area (Å²) >= 11 is 3.43. The molecule has 41 heavy (non-hydrogen) atoms. The van der Waals surface area contributed by atoms with Crippen LogP contribution in [0.4, 0.5) is 5.69 Å². The molecule has 0 atom stereocenters. The van der Waals surface area contributed by atoms with E-state index in [1.165, 1.54) is 41.6 Å². The number of hydrogen-bond donors (Lipinski definition) is 1. The van der Waals surface area contributed by atoms with E-state index in [0.29, 0.717) is 15.7 Å². The third kappa shape index (κ3) is 8.06. The van der Waals surface area contributed by atoms with Crippen molar-refractivity contribution in [1.29, 1.82) is 0 Å². The van der Waals surface area contributed by atoms with Gasteiger partial charge in [0.1, 0.15) is 5.75 Å². The topological polar surface area (TPSA) is 152 Å². The second kappa shape index (κ2) is 14.1. The first-order chi connectivity index (χ1) is 19.5. The van der Waals surface area contributed by atoms with Crippen molar-refractivity contribution in [3.05, 3.63) is 88.4 Å². The molecule has 1 aliphatic heterocycles. The molecule has 0 saturated heterocycles. The summed E-state index contributed by atoms with van der Waals surface area (Å²) in [5.41, 5.74) is 0.980. The molecule has 1 aliphatic rings. The van der Waals surface area contributed by atoms with Gasteiger partial charge in [0, 0.05) is 28.1 Å². The van der Waals surface area contributed by atoms with Crippen LogP contribution in [0, 0.1) is 0 Å². The van der Waals surface area contributed by atoms with Gasteiger partial charge in [0.15, 0.2) is 0 Å². The minimum absolute atomic E-state index is 0.0640. The Labute approximate surface area is 246 Å². The molecule has 0 spiro atoms. The lowest BCUT2D eigenvalue weighted by Crippen LogP contribution is -2.29. The molecule has 0 unspecified atom stereocenters. The standard InChI is InChI=1S/C28H29BrN2O9S/c1-4-37-25(32)13-14-40-24-12-7-18(29)15-21(24)26-22(27(33)38-5-2)16-31(17-23(26)28(34)39-6-3)19-8-10-20(11-9-19)41(30,35)36/h7-17,26H,4-6H2,1-3H3,(H2,30,35,36)/b14-13+. The molecule has 0 fully saturated rings. The third-order valence-electron chi connectivity index (χ3n) is 5.63. The lowest BCUT2D eigenvalue weighted by Gasteiger charge is -2.31. The van der Waals surface area contributed by atoms with Gasteiger partial charge >= 0.3 is 17.9 Å². The fourth-order valence-electron chi connectivity index (χ4n) is 3.92. The number of carbonyl (C=O) groups is 3. The zero-order valence-electron chi connectivity index (χ0n) is 22.5. The van der Waals surface area contributed by atoms with Crippen LogP contribution in [0.15, 0.2) is 87.7 Å². The molecule has 13 heteroatoms. The van der Waals surface area contributed by atoms with Crippen LogP contribution < -0.4 is 14.8 Å². The second-order valence-corrected chi connectivity index (χ2v) is 10.8. The second-order valence-electron chi connectivity index (χ2n) is 8.34. The van der Waals surface area contributed by atoms with Gasteiger partial charge in [-0.3, -0.25) is 0 Å². The van der Waals surface area contributed by atoms with Crippen LogP contribution in [0.25, 0.3) is 0 Å². The monoisotopic (exact) mass is 648 g/mol. The highest BCUT2D eigenvalue weighted by atomic mass is 79.9. The average molecular weight is 650 g/mol. The minimum atomic E-state index is -3.93. The lowest BCUT2D eigenvalue weighted by molar-refractivity contribution is -0.140. The van der Waals surface area contributed by atoms with Gasteiger partial charge in [-0.25, -0.2) is 27.9 Å². The van der Waals surface area contributed by atoms with Crippen LogP contribution in [0.5, 0.6) is 5.75 Å². The van der Waals surface area contributed by atoms with E-state index < -0.39 is 33.8 Å². The van der Waals surface area contributed by atoms with E-state index in [-0.39, 0.29) is 41.6 Å². The zero-order valence-corrected chi connectivity index (χ0v) is 24.9. The number of benzene rings is 2. The largest absolute Gasteiger partial charge is 0.464 e. The van der Waals surface area contributed by atoms with Gasteiger partial charge in [-0.1, -0.05) is 15.9 Å². The number of ether oxygens (including phenoxy) is 4. The predicted octanol–water partition coefficient (Wildman–Crippen LogP) is 4.05. The number of halogens is 1. The minimum Gasteiger partial charge on any atom is -0.464 e. The summed E-state index contributed by atoms with van der Waals surface area (Å²) in [5, 5.41) is 5.22. The highest BCUT2D eigenvalue weighted by Crippen LogP contribution is 2.43. The van der Waals surface area contributed by atoms with E-state index in [2.05, 4.69) is 15.9 Å². The maximum absolute atomic E-state index is 13.3.